The highest BCUT2D eigenvalue weighted by Gasteiger charge is 2.12. The second-order valence-corrected chi connectivity index (χ2v) is 4.92. The first-order valence-corrected chi connectivity index (χ1v) is 5.97. The molecule has 0 heterocycles. The molecule has 0 spiro atoms. The van der Waals surface area contributed by atoms with Gasteiger partial charge in [0.15, 0.2) is 9.84 Å². The van der Waals surface area contributed by atoms with Crippen LogP contribution < -0.4 is 0 Å². The number of hydrogen-bond acceptors (Lipinski definition) is 2. The summed E-state index contributed by atoms with van der Waals surface area (Å²) in [5.74, 6) is 0. The van der Waals surface area contributed by atoms with Gasteiger partial charge in [0.1, 0.15) is 0 Å². The van der Waals surface area contributed by atoms with Crippen molar-refractivity contribution in [2.24, 2.45) is 0 Å². The molecule has 2 nitrogen and oxygen atoms in total. The number of rotatable bonds is 3. The third-order valence-electron chi connectivity index (χ3n) is 1.92. The fourth-order valence-corrected chi connectivity index (χ4v) is 2.21. The van der Waals surface area contributed by atoms with Crippen molar-refractivity contribution in [1.29, 1.82) is 0 Å². The maximum atomic E-state index is 11.4. The van der Waals surface area contributed by atoms with E-state index in [2.05, 4.69) is 13.2 Å². The minimum absolute atomic E-state index is 0.296. The third kappa shape index (κ3) is 1.93. The van der Waals surface area contributed by atoms with Gasteiger partial charge in [-0.1, -0.05) is 37.4 Å². The fraction of sp³-hybridized carbons (Fsp3) is 0.0909. The Morgan fingerprint density at radius 2 is 1.86 bits per heavy atom. The van der Waals surface area contributed by atoms with Gasteiger partial charge in [-0.15, -0.1) is 0 Å². The third-order valence-corrected chi connectivity index (χ3v) is 3.08. The normalized spacial score (nSPS) is 10.9. The molecule has 0 amide bonds. The standard InChI is InChI=1S/C11H12O2S/c1-4-9-7-6-8-11(10(9)5-2)14(3,12)13/h4-8H,1-2H2,3H3. The topological polar surface area (TPSA) is 34.1 Å². The first-order chi connectivity index (χ1) is 6.50. The van der Waals surface area contributed by atoms with Crippen LogP contribution in [0.5, 0.6) is 0 Å². The van der Waals surface area contributed by atoms with E-state index in [0.29, 0.717) is 10.5 Å². The molecule has 0 aliphatic carbocycles. The molecule has 0 atom stereocenters. The van der Waals surface area contributed by atoms with Crippen molar-refractivity contribution in [3.63, 3.8) is 0 Å². The van der Waals surface area contributed by atoms with Crippen molar-refractivity contribution in [2.45, 2.75) is 4.90 Å². The zero-order chi connectivity index (χ0) is 10.8. The monoisotopic (exact) mass is 208 g/mol. The summed E-state index contributed by atoms with van der Waals surface area (Å²) >= 11 is 0. The summed E-state index contributed by atoms with van der Waals surface area (Å²) < 4.78 is 22.8. The molecule has 14 heavy (non-hydrogen) atoms. The Balaban J connectivity index is 3.61. The molecular weight excluding hydrogens is 196 g/mol. The lowest BCUT2D eigenvalue weighted by Crippen LogP contribution is -2.00. The van der Waals surface area contributed by atoms with Gasteiger partial charge in [0, 0.05) is 6.26 Å². The predicted octanol–water partition coefficient (Wildman–Crippen LogP) is 2.38. The van der Waals surface area contributed by atoms with E-state index >= 15 is 0 Å². The maximum Gasteiger partial charge on any atom is 0.176 e. The Labute approximate surface area is 84.5 Å². The van der Waals surface area contributed by atoms with E-state index < -0.39 is 9.84 Å². The summed E-state index contributed by atoms with van der Waals surface area (Å²) in [5.41, 5.74) is 1.40. The molecule has 0 unspecified atom stereocenters. The van der Waals surface area contributed by atoms with Gasteiger partial charge in [-0.25, -0.2) is 8.42 Å². The average Bonchev–Trinajstić information content (AvgIpc) is 2.15. The zero-order valence-electron chi connectivity index (χ0n) is 8.03. The van der Waals surface area contributed by atoms with Crippen molar-refractivity contribution in [1.82, 2.24) is 0 Å². The van der Waals surface area contributed by atoms with E-state index in [1.165, 1.54) is 12.3 Å². The van der Waals surface area contributed by atoms with Gasteiger partial charge in [0.2, 0.25) is 0 Å². The quantitative estimate of drug-likeness (QED) is 0.764. The van der Waals surface area contributed by atoms with Crippen molar-refractivity contribution in [3.8, 4) is 0 Å². The molecule has 74 valence electrons. The lowest BCUT2D eigenvalue weighted by Gasteiger charge is -2.06. The van der Waals surface area contributed by atoms with Crippen LogP contribution in [0.4, 0.5) is 0 Å². The predicted molar refractivity (Wildman–Crippen MR) is 59.7 cm³/mol. The largest absolute Gasteiger partial charge is 0.224 e. The first kappa shape index (κ1) is 10.7. The molecule has 0 saturated heterocycles. The summed E-state index contributed by atoms with van der Waals surface area (Å²) in [4.78, 5) is 0.296. The van der Waals surface area contributed by atoms with Crippen LogP contribution in [0.25, 0.3) is 12.2 Å². The van der Waals surface area contributed by atoms with E-state index in [1.807, 2.05) is 0 Å². The van der Waals surface area contributed by atoms with Crippen molar-refractivity contribution < 1.29 is 8.42 Å². The SMILES string of the molecule is C=Cc1cccc(S(C)(=O)=O)c1C=C. The molecule has 3 heteroatoms. The number of sulfone groups is 1. The van der Waals surface area contributed by atoms with Gasteiger partial charge in [-0.3, -0.25) is 0 Å². The molecule has 0 saturated carbocycles. The van der Waals surface area contributed by atoms with E-state index in [9.17, 15) is 8.42 Å². The molecular formula is C11H12O2S. The second-order valence-electron chi connectivity index (χ2n) is 2.94. The number of hydrogen-bond donors (Lipinski definition) is 0. The highest BCUT2D eigenvalue weighted by molar-refractivity contribution is 7.90. The van der Waals surface area contributed by atoms with E-state index in [4.69, 9.17) is 0 Å². The maximum absolute atomic E-state index is 11.4. The molecule has 0 N–H and O–H groups in total. The zero-order valence-corrected chi connectivity index (χ0v) is 8.84. The van der Waals surface area contributed by atoms with Crippen LogP contribution in [-0.2, 0) is 9.84 Å². The van der Waals surface area contributed by atoms with Crippen molar-refractivity contribution >= 4 is 22.0 Å². The highest BCUT2D eigenvalue weighted by atomic mass is 32.2. The minimum Gasteiger partial charge on any atom is -0.224 e. The lowest BCUT2D eigenvalue weighted by atomic mass is 10.1. The Morgan fingerprint density at radius 1 is 1.21 bits per heavy atom. The Hall–Kier alpha value is -1.35. The molecule has 1 aromatic carbocycles. The van der Waals surface area contributed by atoms with Crippen molar-refractivity contribution in [3.05, 3.63) is 42.5 Å². The molecule has 0 aromatic heterocycles. The lowest BCUT2D eigenvalue weighted by molar-refractivity contribution is 0.601. The summed E-state index contributed by atoms with van der Waals surface area (Å²) in [6.07, 6.45) is 4.33. The Bertz CT molecular complexity index is 470. The first-order valence-electron chi connectivity index (χ1n) is 4.08. The Morgan fingerprint density at radius 3 is 2.29 bits per heavy atom. The summed E-state index contributed by atoms with van der Waals surface area (Å²) in [6, 6.07) is 5.07. The van der Waals surface area contributed by atoms with Gasteiger partial charge in [-0.05, 0) is 17.2 Å². The second kappa shape index (κ2) is 3.80. The molecule has 0 bridgehead atoms. The van der Waals surface area contributed by atoms with Gasteiger partial charge >= 0.3 is 0 Å². The van der Waals surface area contributed by atoms with Crippen LogP contribution in [0.1, 0.15) is 11.1 Å². The fourth-order valence-electron chi connectivity index (χ4n) is 1.28. The smallest absolute Gasteiger partial charge is 0.176 e. The van der Waals surface area contributed by atoms with Gasteiger partial charge < -0.3 is 0 Å². The van der Waals surface area contributed by atoms with E-state index in [-0.39, 0.29) is 0 Å². The van der Waals surface area contributed by atoms with Gasteiger partial charge in [-0.2, -0.15) is 0 Å². The summed E-state index contributed by atoms with van der Waals surface area (Å²) in [7, 11) is -3.20. The van der Waals surface area contributed by atoms with Crippen LogP contribution in [-0.4, -0.2) is 14.7 Å². The van der Waals surface area contributed by atoms with E-state index in [0.717, 1.165) is 5.56 Å². The average molecular weight is 208 g/mol. The highest BCUT2D eigenvalue weighted by Crippen LogP contribution is 2.21. The van der Waals surface area contributed by atoms with Gasteiger partial charge in [0.25, 0.3) is 0 Å². The van der Waals surface area contributed by atoms with Crippen LogP contribution in [0.3, 0.4) is 0 Å². The number of benzene rings is 1. The van der Waals surface area contributed by atoms with Crippen LogP contribution in [0.2, 0.25) is 0 Å². The molecule has 1 rings (SSSR count). The molecule has 1 aromatic rings. The molecule has 0 aliphatic rings. The molecule has 0 radical (unpaired) electrons. The van der Waals surface area contributed by atoms with E-state index in [1.54, 1.807) is 24.3 Å². The van der Waals surface area contributed by atoms with Crippen LogP contribution >= 0.6 is 0 Å². The van der Waals surface area contributed by atoms with Crippen molar-refractivity contribution in [2.75, 3.05) is 6.26 Å². The summed E-state index contributed by atoms with van der Waals surface area (Å²) in [6.45, 7) is 7.22. The van der Waals surface area contributed by atoms with Crippen LogP contribution in [0, 0.1) is 0 Å². The van der Waals surface area contributed by atoms with Gasteiger partial charge in [0.05, 0.1) is 4.90 Å². The van der Waals surface area contributed by atoms with Crippen LogP contribution in [0.15, 0.2) is 36.3 Å². The summed E-state index contributed by atoms with van der Waals surface area (Å²) in [5, 5.41) is 0. The minimum atomic E-state index is -3.20. The molecule has 0 aliphatic heterocycles. The Kier molecular flexibility index (Phi) is 2.91. The molecule has 0 fully saturated rings.